The van der Waals surface area contributed by atoms with Gasteiger partial charge >= 0.3 is 0 Å². The maximum Gasteiger partial charge on any atom is 0.132 e. The number of para-hydroxylation sites is 3. The molecule has 1 aromatic heterocycles. The van der Waals surface area contributed by atoms with E-state index in [2.05, 4.69) is 193 Å². The molecule has 3 nitrogen and oxygen atoms in total. The van der Waals surface area contributed by atoms with Crippen LogP contribution in [0.5, 0.6) is 0 Å². The fourth-order valence-electron chi connectivity index (χ4n) is 8.04. The largest absolute Gasteiger partial charge is 0.349 e. The van der Waals surface area contributed by atoms with Gasteiger partial charge in [0.05, 0.1) is 22.4 Å². The molecule has 8 aromatic carbocycles. The second-order valence-electron chi connectivity index (χ2n) is 13.2. The summed E-state index contributed by atoms with van der Waals surface area (Å²) < 4.78 is 0. The number of rotatable bonds is 4. The van der Waals surface area contributed by atoms with E-state index in [9.17, 15) is 0 Å². The fraction of sp³-hybridized carbons (Fsp3) is 0.0426. The van der Waals surface area contributed by atoms with Crippen LogP contribution in [0.3, 0.4) is 0 Å². The highest BCUT2D eigenvalue weighted by atomic mass is 15.4. The normalized spacial score (nSPS) is 14.2. The molecule has 1 atom stereocenters. The molecule has 0 bridgehead atoms. The van der Waals surface area contributed by atoms with Crippen molar-refractivity contribution in [2.45, 2.75) is 6.17 Å². The van der Waals surface area contributed by atoms with Crippen molar-refractivity contribution < 1.29 is 0 Å². The van der Waals surface area contributed by atoms with E-state index in [0.717, 1.165) is 11.0 Å². The summed E-state index contributed by atoms with van der Waals surface area (Å²) in [7, 11) is 2.19. The molecule has 0 fully saturated rings. The minimum absolute atomic E-state index is 0.0617. The van der Waals surface area contributed by atoms with Crippen LogP contribution in [0, 0.1) is 0 Å². The van der Waals surface area contributed by atoms with E-state index in [4.69, 9.17) is 4.98 Å². The highest BCUT2D eigenvalue weighted by molar-refractivity contribution is 6.21. The Morgan fingerprint density at radius 3 is 1.54 bits per heavy atom. The highest BCUT2D eigenvalue weighted by Crippen LogP contribution is 2.49. The second-order valence-corrected chi connectivity index (χ2v) is 13.2. The molecule has 0 aliphatic carbocycles. The van der Waals surface area contributed by atoms with Crippen molar-refractivity contribution >= 4 is 60.4 Å². The van der Waals surface area contributed by atoms with Gasteiger partial charge in [-0.15, -0.1) is 0 Å². The maximum atomic E-state index is 5.36. The van der Waals surface area contributed by atoms with Crippen molar-refractivity contribution in [3.63, 3.8) is 0 Å². The Kier molecular flexibility index (Phi) is 6.47. The summed E-state index contributed by atoms with van der Waals surface area (Å²) in [5.41, 5.74) is 11.8. The van der Waals surface area contributed by atoms with Crippen LogP contribution in [0.15, 0.2) is 176 Å². The molecule has 0 saturated heterocycles. The quantitative estimate of drug-likeness (QED) is 0.141. The minimum Gasteiger partial charge on any atom is -0.349 e. The van der Waals surface area contributed by atoms with Gasteiger partial charge in [-0.25, -0.2) is 4.98 Å². The third-order valence-corrected chi connectivity index (χ3v) is 10.4. The van der Waals surface area contributed by atoms with Gasteiger partial charge in [-0.3, -0.25) is 0 Å². The Hall–Kier alpha value is -6.45. The third-order valence-electron chi connectivity index (χ3n) is 10.4. The topological polar surface area (TPSA) is 19.4 Å². The van der Waals surface area contributed by atoms with Crippen molar-refractivity contribution in [2.24, 2.45) is 0 Å². The number of hydrogen-bond donors (Lipinski definition) is 0. The highest BCUT2D eigenvalue weighted by Gasteiger charge is 2.35. The first-order valence-corrected chi connectivity index (χ1v) is 17.2. The Labute approximate surface area is 291 Å². The number of fused-ring (bicyclic) bond motifs is 7. The number of anilines is 3. The molecule has 0 radical (unpaired) electrons. The lowest BCUT2D eigenvalue weighted by molar-refractivity contribution is 0.719. The van der Waals surface area contributed by atoms with Crippen LogP contribution in [-0.2, 0) is 0 Å². The summed E-state index contributed by atoms with van der Waals surface area (Å²) >= 11 is 0. The SMILES string of the molecule is CN1c2ccccc2N(c2ccccc2)C1c1ccc(-c2ccc(-c3c4ccc5ccccc5c4nc4c3ccc3ccccc34)cc2)cc1. The van der Waals surface area contributed by atoms with Crippen molar-refractivity contribution in [1.82, 2.24) is 4.98 Å². The predicted molar refractivity (Wildman–Crippen MR) is 211 cm³/mol. The lowest BCUT2D eigenvalue weighted by atomic mass is 9.91. The third kappa shape index (κ3) is 4.40. The van der Waals surface area contributed by atoms with Crippen LogP contribution < -0.4 is 9.80 Å². The maximum absolute atomic E-state index is 5.36. The van der Waals surface area contributed by atoms with E-state index in [0.29, 0.717) is 0 Å². The van der Waals surface area contributed by atoms with Crippen molar-refractivity contribution in [3.05, 3.63) is 181 Å². The lowest BCUT2D eigenvalue weighted by Crippen LogP contribution is -2.30. The van der Waals surface area contributed by atoms with Gasteiger partial charge in [-0.2, -0.15) is 0 Å². The number of benzene rings is 8. The summed E-state index contributed by atoms with van der Waals surface area (Å²) in [6.45, 7) is 0. The fourth-order valence-corrected chi connectivity index (χ4v) is 8.04. The smallest absolute Gasteiger partial charge is 0.132 e. The summed E-state index contributed by atoms with van der Waals surface area (Å²) in [6, 6.07) is 63.6. The van der Waals surface area contributed by atoms with Crippen LogP contribution in [0.4, 0.5) is 17.1 Å². The molecule has 0 N–H and O–H groups in total. The van der Waals surface area contributed by atoms with Gasteiger partial charge in [0.15, 0.2) is 0 Å². The summed E-state index contributed by atoms with van der Waals surface area (Å²) in [5.74, 6) is 0. The van der Waals surface area contributed by atoms with Gasteiger partial charge in [0, 0.05) is 39.8 Å². The number of hydrogen-bond acceptors (Lipinski definition) is 3. The molecular formula is C47H33N3. The van der Waals surface area contributed by atoms with Crippen LogP contribution >= 0.6 is 0 Å². The molecule has 9 aromatic rings. The molecule has 1 aliphatic rings. The summed E-state index contributed by atoms with van der Waals surface area (Å²) in [5, 5.41) is 7.12. The molecule has 50 heavy (non-hydrogen) atoms. The van der Waals surface area contributed by atoms with Crippen molar-refractivity contribution in [2.75, 3.05) is 16.8 Å². The molecule has 0 amide bonds. The first-order valence-electron chi connectivity index (χ1n) is 17.2. The molecule has 1 unspecified atom stereocenters. The first kappa shape index (κ1) is 28.6. The van der Waals surface area contributed by atoms with E-state index in [-0.39, 0.29) is 6.17 Å². The van der Waals surface area contributed by atoms with Gasteiger partial charge in [-0.1, -0.05) is 152 Å². The number of aromatic nitrogens is 1. The monoisotopic (exact) mass is 639 g/mol. The Balaban J connectivity index is 1.06. The molecular weight excluding hydrogens is 607 g/mol. The zero-order valence-corrected chi connectivity index (χ0v) is 27.7. The number of pyridine rings is 1. The zero-order chi connectivity index (χ0) is 33.2. The van der Waals surface area contributed by atoms with Gasteiger partial charge in [-0.05, 0) is 57.3 Å². The van der Waals surface area contributed by atoms with Gasteiger partial charge < -0.3 is 9.80 Å². The van der Waals surface area contributed by atoms with E-state index in [1.807, 2.05) is 0 Å². The van der Waals surface area contributed by atoms with Gasteiger partial charge in [0.2, 0.25) is 0 Å². The van der Waals surface area contributed by atoms with E-state index in [1.54, 1.807) is 0 Å². The molecule has 3 heteroatoms. The van der Waals surface area contributed by atoms with E-state index < -0.39 is 0 Å². The zero-order valence-electron chi connectivity index (χ0n) is 27.7. The average Bonchev–Trinajstić information content (AvgIpc) is 3.49. The summed E-state index contributed by atoms with van der Waals surface area (Å²) in [6.07, 6.45) is 0.0617. The van der Waals surface area contributed by atoms with Crippen molar-refractivity contribution in [1.29, 1.82) is 0 Å². The molecule has 0 saturated carbocycles. The molecule has 10 rings (SSSR count). The standard InChI is InChI=1S/C47H33N3/c1-49-42-17-9-10-18-43(42)50(37-13-3-2-4-14-37)47(49)36-25-21-32(22-26-36)31-19-23-35(24-20-31)44-40-29-27-33-11-5-7-15-38(33)45(40)48-46-39-16-8-6-12-34(39)28-30-41(44)46/h2-30,47H,1H3. The lowest BCUT2D eigenvalue weighted by Gasteiger charge is -2.31. The molecule has 1 aliphatic heterocycles. The molecule has 0 spiro atoms. The first-order chi connectivity index (χ1) is 24.7. The van der Waals surface area contributed by atoms with Crippen LogP contribution in [0.1, 0.15) is 11.7 Å². The van der Waals surface area contributed by atoms with E-state index in [1.165, 1.54) is 77.2 Å². The van der Waals surface area contributed by atoms with Gasteiger partial charge in [0.1, 0.15) is 6.17 Å². The average molecular weight is 640 g/mol. The Morgan fingerprint density at radius 1 is 0.420 bits per heavy atom. The predicted octanol–water partition coefficient (Wildman–Crippen LogP) is 12.3. The second kappa shape index (κ2) is 11.3. The van der Waals surface area contributed by atoms with Crippen LogP contribution in [-0.4, -0.2) is 12.0 Å². The van der Waals surface area contributed by atoms with Crippen LogP contribution in [0.2, 0.25) is 0 Å². The Bertz CT molecular complexity index is 2620. The van der Waals surface area contributed by atoms with Gasteiger partial charge in [0.25, 0.3) is 0 Å². The molecule has 2 heterocycles. The van der Waals surface area contributed by atoms with Crippen LogP contribution in [0.25, 0.3) is 65.6 Å². The molecule has 236 valence electrons. The minimum atomic E-state index is 0.0617. The Morgan fingerprint density at radius 2 is 0.920 bits per heavy atom. The van der Waals surface area contributed by atoms with Crippen molar-refractivity contribution in [3.8, 4) is 22.3 Å². The number of nitrogens with zero attached hydrogens (tertiary/aromatic N) is 3. The van der Waals surface area contributed by atoms with E-state index >= 15 is 0 Å². The summed E-state index contributed by atoms with van der Waals surface area (Å²) in [4.78, 5) is 10.2.